The van der Waals surface area contributed by atoms with Crippen LogP contribution in [0.15, 0.2) is 45.7 Å². The molecule has 7 nitrogen and oxygen atoms in total. The van der Waals surface area contributed by atoms with Gasteiger partial charge in [-0.3, -0.25) is 9.59 Å². The van der Waals surface area contributed by atoms with E-state index in [0.29, 0.717) is 17.8 Å². The molecule has 2 amide bonds. The summed E-state index contributed by atoms with van der Waals surface area (Å²) in [5.74, 6) is -0.302. The molecule has 2 aromatic rings. The SMILES string of the molecule is O=C(NCC(=O)N1CCN(c2cc[nH+]cc2)CC1)c1ccc(Br)o1. The van der Waals surface area contributed by atoms with Crippen molar-refractivity contribution in [1.29, 1.82) is 0 Å². The van der Waals surface area contributed by atoms with Gasteiger partial charge in [0.1, 0.15) is 0 Å². The lowest BCUT2D eigenvalue weighted by Gasteiger charge is -2.35. The van der Waals surface area contributed by atoms with Crippen molar-refractivity contribution in [3.8, 4) is 0 Å². The molecule has 3 rings (SSSR count). The smallest absolute Gasteiger partial charge is 0.287 e. The number of rotatable bonds is 4. The molecule has 1 saturated heterocycles. The molecule has 126 valence electrons. The van der Waals surface area contributed by atoms with Crippen molar-refractivity contribution in [2.45, 2.75) is 0 Å². The predicted molar refractivity (Wildman–Crippen MR) is 90.5 cm³/mol. The highest BCUT2D eigenvalue weighted by Crippen LogP contribution is 2.15. The first kappa shape index (κ1) is 16.5. The zero-order valence-electron chi connectivity index (χ0n) is 13.0. The first-order valence-electron chi connectivity index (χ1n) is 7.66. The van der Waals surface area contributed by atoms with Crippen molar-refractivity contribution >= 4 is 33.4 Å². The van der Waals surface area contributed by atoms with Crippen molar-refractivity contribution in [3.63, 3.8) is 0 Å². The Labute approximate surface area is 147 Å². The number of anilines is 1. The number of piperazine rings is 1. The molecule has 0 bridgehead atoms. The third-order valence-electron chi connectivity index (χ3n) is 3.90. The summed E-state index contributed by atoms with van der Waals surface area (Å²) in [6.07, 6.45) is 3.77. The zero-order valence-corrected chi connectivity index (χ0v) is 14.6. The monoisotopic (exact) mass is 393 g/mol. The van der Waals surface area contributed by atoms with Crippen LogP contribution in [0.3, 0.4) is 0 Å². The van der Waals surface area contributed by atoms with Crippen LogP contribution in [0.25, 0.3) is 0 Å². The second-order valence-corrected chi connectivity index (χ2v) is 6.19. The van der Waals surface area contributed by atoms with E-state index in [1.807, 2.05) is 24.5 Å². The normalized spacial score (nSPS) is 14.5. The van der Waals surface area contributed by atoms with E-state index < -0.39 is 5.91 Å². The number of hydrogen-bond acceptors (Lipinski definition) is 4. The van der Waals surface area contributed by atoms with Gasteiger partial charge in [-0.25, -0.2) is 4.98 Å². The number of aromatic nitrogens is 1. The summed E-state index contributed by atoms with van der Waals surface area (Å²) in [5, 5.41) is 2.59. The number of hydrogen-bond donors (Lipinski definition) is 1. The zero-order chi connectivity index (χ0) is 16.9. The lowest BCUT2D eigenvalue weighted by Crippen LogP contribution is -2.51. The molecule has 8 heteroatoms. The maximum atomic E-state index is 12.2. The fourth-order valence-electron chi connectivity index (χ4n) is 2.59. The molecule has 0 radical (unpaired) electrons. The molecule has 0 saturated carbocycles. The molecule has 0 aromatic carbocycles. The average molecular weight is 394 g/mol. The minimum atomic E-state index is -0.395. The summed E-state index contributed by atoms with van der Waals surface area (Å²) in [7, 11) is 0. The van der Waals surface area contributed by atoms with Gasteiger partial charge in [-0.05, 0) is 28.1 Å². The Morgan fingerprint density at radius 1 is 1.12 bits per heavy atom. The number of pyridine rings is 1. The number of amides is 2. The van der Waals surface area contributed by atoms with E-state index in [2.05, 4.69) is 31.1 Å². The van der Waals surface area contributed by atoms with Gasteiger partial charge in [0, 0.05) is 44.0 Å². The summed E-state index contributed by atoms with van der Waals surface area (Å²) < 4.78 is 5.64. The number of H-pyrrole nitrogens is 1. The number of halogens is 1. The molecular weight excluding hydrogens is 376 g/mol. The van der Waals surface area contributed by atoms with Gasteiger partial charge in [-0.2, -0.15) is 0 Å². The molecule has 0 atom stereocenters. The minimum absolute atomic E-state index is 0.0303. The van der Waals surface area contributed by atoms with Crippen LogP contribution in [-0.2, 0) is 4.79 Å². The number of aromatic amines is 1. The second-order valence-electron chi connectivity index (χ2n) is 5.41. The van der Waals surface area contributed by atoms with Crippen LogP contribution in [0.2, 0.25) is 0 Å². The molecule has 2 N–H and O–H groups in total. The summed E-state index contributed by atoms with van der Waals surface area (Å²) in [5.41, 5.74) is 1.14. The van der Waals surface area contributed by atoms with Gasteiger partial charge in [0.25, 0.3) is 5.91 Å². The van der Waals surface area contributed by atoms with Gasteiger partial charge in [0.15, 0.2) is 22.8 Å². The molecule has 3 heterocycles. The molecule has 0 spiro atoms. The van der Waals surface area contributed by atoms with Crippen molar-refractivity contribution in [1.82, 2.24) is 10.2 Å². The highest BCUT2D eigenvalue weighted by Gasteiger charge is 2.22. The van der Waals surface area contributed by atoms with Crippen LogP contribution >= 0.6 is 15.9 Å². The molecule has 1 aliphatic heterocycles. The number of carbonyl (C=O) groups is 2. The van der Waals surface area contributed by atoms with E-state index in [4.69, 9.17) is 4.42 Å². The van der Waals surface area contributed by atoms with Crippen LogP contribution in [-0.4, -0.2) is 49.4 Å². The Morgan fingerprint density at radius 2 is 1.83 bits per heavy atom. The van der Waals surface area contributed by atoms with Crippen molar-refractivity contribution in [2.24, 2.45) is 0 Å². The van der Waals surface area contributed by atoms with Crippen molar-refractivity contribution in [3.05, 3.63) is 47.1 Å². The molecule has 1 fully saturated rings. The van der Waals surface area contributed by atoms with Crippen LogP contribution < -0.4 is 15.2 Å². The van der Waals surface area contributed by atoms with E-state index in [9.17, 15) is 9.59 Å². The second kappa shape index (κ2) is 7.48. The van der Waals surface area contributed by atoms with E-state index in [-0.39, 0.29) is 18.2 Å². The summed E-state index contributed by atoms with van der Waals surface area (Å²) in [4.78, 5) is 31.1. The lowest BCUT2D eigenvalue weighted by atomic mass is 10.2. The van der Waals surface area contributed by atoms with Crippen LogP contribution in [0, 0.1) is 0 Å². The third-order valence-corrected chi connectivity index (χ3v) is 4.32. The molecule has 1 aliphatic rings. The van der Waals surface area contributed by atoms with Crippen molar-refractivity contribution < 1.29 is 19.0 Å². The van der Waals surface area contributed by atoms with Gasteiger partial charge >= 0.3 is 0 Å². The third kappa shape index (κ3) is 3.94. The Kier molecular flexibility index (Phi) is 5.14. The average Bonchev–Trinajstić information content (AvgIpc) is 3.07. The summed E-state index contributed by atoms with van der Waals surface area (Å²) in [6.45, 7) is 2.79. The van der Waals surface area contributed by atoms with E-state index in [1.165, 1.54) is 0 Å². The lowest BCUT2D eigenvalue weighted by molar-refractivity contribution is -0.377. The van der Waals surface area contributed by atoms with Crippen LogP contribution in [0.4, 0.5) is 5.69 Å². The van der Waals surface area contributed by atoms with Gasteiger partial charge in [-0.1, -0.05) is 0 Å². The molecule has 24 heavy (non-hydrogen) atoms. The minimum Gasteiger partial charge on any atom is -0.444 e. The number of furan rings is 1. The summed E-state index contributed by atoms with van der Waals surface area (Å²) in [6, 6.07) is 7.22. The number of nitrogens with one attached hydrogen (secondary N) is 2. The van der Waals surface area contributed by atoms with Gasteiger partial charge in [0.2, 0.25) is 5.91 Å². The largest absolute Gasteiger partial charge is 0.444 e. The number of nitrogens with zero attached hydrogens (tertiary/aromatic N) is 2. The molecule has 0 aliphatic carbocycles. The van der Waals surface area contributed by atoms with E-state index in [0.717, 1.165) is 18.8 Å². The Balaban J connectivity index is 1.46. The number of carbonyl (C=O) groups excluding carboxylic acids is 2. The predicted octanol–water partition coefficient (Wildman–Crippen LogP) is 0.935. The van der Waals surface area contributed by atoms with E-state index >= 15 is 0 Å². The standard InChI is InChI=1S/C16H17BrN4O3/c17-14-2-1-13(24-14)16(23)19-11-15(22)21-9-7-20(8-10-21)12-3-5-18-6-4-12/h1-6H,7-11H2,(H,19,23)/p+1. The fourth-order valence-corrected chi connectivity index (χ4v) is 2.90. The topological polar surface area (TPSA) is 79.9 Å². The van der Waals surface area contributed by atoms with Crippen molar-refractivity contribution in [2.75, 3.05) is 37.6 Å². The van der Waals surface area contributed by atoms with Gasteiger partial charge < -0.3 is 19.5 Å². The first-order valence-corrected chi connectivity index (χ1v) is 8.45. The Morgan fingerprint density at radius 3 is 2.46 bits per heavy atom. The molecule has 2 aromatic heterocycles. The van der Waals surface area contributed by atoms with Crippen LogP contribution in [0.5, 0.6) is 0 Å². The first-order chi connectivity index (χ1) is 11.6. The molecular formula is C16H18BrN4O3+. The maximum absolute atomic E-state index is 12.2. The van der Waals surface area contributed by atoms with E-state index in [1.54, 1.807) is 17.0 Å². The van der Waals surface area contributed by atoms with Gasteiger partial charge in [-0.15, -0.1) is 0 Å². The maximum Gasteiger partial charge on any atom is 0.287 e. The quantitative estimate of drug-likeness (QED) is 0.837. The fraction of sp³-hybridized carbons (Fsp3) is 0.312. The Bertz CT molecular complexity index is 711. The van der Waals surface area contributed by atoms with Crippen LogP contribution in [0.1, 0.15) is 10.6 Å². The summed E-state index contributed by atoms with van der Waals surface area (Å²) >= 11 is 3.14. The highest BCUT2D eigenvalue weighted by atomic mass is 79.9. The molecule has 0 unspecified atom stereocenters. The van der Waals surface area contributed by atoms with Gasteiger partial charge in [0.05, 0.1) is 6.54 Å². The highest BCUT2D eigenvalue weighted by molar-refractivity contribution is 9.10. The Hall–Kier alpha value is -2.35.